The number of halogens is 2. The van der Waals surface area contributed by atoms with Gasteiger partial charge in [0.05, 0.1) is 46.9 Å². The van der Waals surface area contributed by atoms with Gasteiger partial charge >= 0.3 is 0 Å². The number of carbonyl (C=O) groups is 1. The summed E-state index contributed by atoms with van der Waals surface area (Å²) in [7, 11) is 3.21. The smallest absolute Gasteiger partial charge is 0.220 e. The lowest BCUT2D eigenvalue weighted by molar-refractivity contribution is -0.119. The molecular formula is C37H39Cl2N7O4. The Kier molecular flexibility index (Phi) is 9.69. The second-order valence-corrected chi connectivity index (χ2v) is 14.0. The molecule has 1 aliphatic heterocycles. The second kappa shape index (κ2) is 14.2. The summed E-state index contributed by atoms with van der Waals surface area (Å²) in [5.41, 5.74) is 6.04. The zero-order valence-electron chi connectivity index (χ0n) is 28.1. The molecule has 0 unspecified atom stereocenters. The summed E-state index contributed by atoms with van der Waals surface area (Å²) in [6.07, 6.45) is 8.46. The van der Waals surface area contributed by atoms with E-state index in [1.54, 1.807) is 20.4 Å². The molecule has 2 fully saturated rings. The minimum absolute atomic E-state index is 0.0967. The standard InChI is InChI=1S/C37H39Cl2N7O4/c1-37(48)14-24(15-37)42-18-25-20-46-19-22(13-30(49-2)35(46)44-25)34-33(39)27(11-12-41-34)26-5-4-6-28(32(26)38)29-9-7-21(36(45-29)50-3)16-40-17-23-8-10-31(47)43-23/h4-7,9,11-13,19-20,23-24,40,42,48H,8,10,14-18H2,1-3H3,(H,43,47)/t23-,24-,37+/m0/s1. The number of hydrogen-bond acceptors (Lipinski definition) is 9. The minimum Gasteiger partial charge on any atom is -0.493 e. The lowest BCUT2D eigenvalue weighted by Gasteiger charge is -2.41. The topological polar surface area (TPSA) is 135 Å². The highest BCUT2D eigenvalue weighted by Crippen LogP contribution is 2.42. The Morgan fingerprint density at radius 2 is 1.82 bits per heavy atom. The molecular weight excluding hydrogens is 677 g/mol. The summed E-state index contributed by atoms with van der Waals surface area (Å²) >= 11 is 14.2. The molecule has 1 saturated carbocycles. The molecule has 1 aliphatic carbocycles. The number of aliphatic hydroxyl groups is 1. The highest BCUT2D eigenvalue weighted by atomic mass is 35.5. The monoisotopic (exact) mass is 715 g/mol. The van der Waals surface area contributed by atoms with Crippen molar-refractivity contribution in [3.63, 3.8) is 0 Å². The average molecular weight is 717 g/mol. The van der Waals surface area contributed by atoms with Crippen molar-refractivity contribution >= 4 is 34.8 Å². The van der Waals surface area contributed by atoms with E-state index in [2.05, 4.69) is 20.9 Å². The number of nitrogens with one attached hydrogen (secondary N) is 3. The van der Waals surface area contributed by atoms with E-state index in [9.17, 15) is 9.90 Å². The molecule has 13 heteroatoms. The molecule has 1 amide bonds. The Labute approximate surface area is 300 Å². The van der Waals surface area contributed by atoms with Crippen molar-refractivity contribution < 1.29 is 19.4 Å². The van der Waals surface area contributed by atoms with E-state index >= 15 is 0 Å². The van der Waals surface area contributed by atoms with Crippen molar-refractivity contribution in [2.24, 2.45) is 0 Å². The van der Waals surface area contributed by atoms with E-state index in [-0.39, 0.29) is 18.0 Å². The fourth-order valence-corrected chi connectivity index (χ4v) is 7.46. The van der Waals surface area contributed by atoms with E-state index in [0.717, 1.165) is 52.8 Å². The zero-order chi connectivity index (χ0) is 35.0. The summed E-state index contributed by atoms with van der Waals surface area (Å²) in [5, 5.41) is 20.8. The Bertz CT molecular complexity index is 2060. The molecule has 1 aromatic carbocycles. The number of rotatable bonds is 12. The van der Waals surface area contributed by atoms with Crippen LogP contribution in [0.5, 0.6) is 11.6 Å². The van der Waals surface area contributed by atoms with E-state index in [4.69, 9.17) is 42.6 Å². The zero-order valence-corrected chi connectivity index (χ0v) is 29.6. The number of fused-ring (bicyclic) bond motifs is 1. The Morgan fingerprint density at radius 1 is 1.02 bits per heavy atom. The average Bonchev–Trinajstić information content (AvgIpc) is 3.71. The first-order chi connectivity index (χ1) is 24.1. The van der Waals surface area contributed by atoms with Gasteiger partial charge in [0.25, 0.3) is 0 Å². The molecule has 50 heavy (non-hydrogen) atoms. The van der Waals surface area contributed by atoms with Crippen LogP contribution < -0.4 is 25.4 Å². The normalized spacial score (nSPS) is 20.2. The van der Waals surface area contributed by atoms with Gasteiger partial charge in [0.2, 0.25) is 11.8 Å². The van der Waals surface area contributed by atoms with Gasteiger partial charge < -0.3 is 34.9 Å². The van der Waals surface area contributed by atoms with Gasteiger partial charge in [0, 0.05) is 84.5 Å². The number of nitrogens with zero attached hydrogens (tertiary/aromatic N) is 4. The third-order valence-corrected chi connectivity index (χ3v) is 10.2. The molecule has 1 saturated heterocycles. The van der Waals surface area contributed by atoms with Gasteiger partial charge in [-0.1, -0.05) is 47.5 Å². The molecule has 260 valence electrons. The minimum atomic E-state index is -0.591. The van der Waals surface area contributed by atoms with E-state index in [1.807, 2.05) is 66.2 Å². The highest BCUT2D eigenvalue weighted by molar-refractivity contribution is 6.39. The predicted molar refractivity (Wildman–Crippen MR) is 194 cm³/mol. The Balaban J connectivity index is 1.14. The van der Waals surface area contributed by atoms with Crippen LogP contribution in [0.3, 0.4) is 0 Å². The molecule has 0 spiro atoms. The number of imidazole rings is 1. The van der Waals surface area contributed by atoms with Crippen LogP contribution in [0, 0.1) is 0 Å². The van der Waals surface area contributed by atoms with Crippen LogP contribution in [0.4, 0.5) is 0 Å². The van der Waals surface area contributed by atoms with Gasteiger partial charge in [-0.15, -0.1) is 0 Å². The summed E-state index contributed by atoms with van der Waals surface area (Å²) in [6.45, 7) is 3.65. The molecule has 4 N–H and O–H groups in total. The number of amides is 1. The molecule has 2 aliphatic rings. The van der Waals surface area contributed by atoms with Crippen molar-refractivity contribution in [2.45, 2.75) is 63.4 Å². The number of hydrogen-bond donors (Lipinski definition) is 4. The third kappa shape index (κ3) is 7.01. The van der Waals surface area contributed by atoms with E-state index in [0.29, 0.717) is 64.8 Å². The van der Waals surface area contributed by atoms with Crippen molar-refractivity contribution in [1.29, 1.82) is 0 Å². The lowest BCUT2D eigenvalue weighted by Crippen LogP contribution is -2.51. The fraction of sp³-hybridized carbons (Fsp3) is 0.351. The molecule has 0 radical (unpaired) electrons. The number of aromatic nitrogens is 4. The molecule has 4 aromatic heterocycles. The summed E-state index contributed by atoms with van der Waals surface area (Å²) in [4.78, 5) is 25.8. The maximum absolute atomic E-state index is 11.5. The van der Waals surface area contributed by atoms with Crippen molar-refractivity contribution in [3.8, 4) is 45.3 Å². The maximum Gasteiger partial charge on any atom is 0.220 e. The third-order valence-electron chi connectivity index (χ3n) is 9.38. The van der Waals surface area contributed by atoms with Crippen LogP contribution in [0.2, 0.25) is 10.0 Å². The lowest BCUT2D eigenvalue weighted by atomic mass is 9.77. The fourth-order valence-electron chi connectivity index (χ4n) is 6.81. The van der Waals surface area contributed by atoms with Gasteiger partial charge in [-0.05, 0) is 44.4 Å². The number of ether oxygens (including phenoxy) is 2. The number of pyridine rings is 3. The molecule has 7 rings (SSSR count). The first kappa shape index (κ1) is 34.2. The predicted octanol–water partition coefficient (Wildman–Crippen LogP) is 5.82. The van der Waals surface area contributed by atoms with Crippen LogP contribution in [-0.4, -0.2) is 68.8 Å². The maximum atomic E-state index is 11.5. The number of carbonyl (C=O) groups excluding carboxylic acids is 1. The number of benzene rings is 1. The van der Waals surface area contributed by atoms with E-state index < -0.39 is 5.60 Å². The first-order valence-corrected chi connectivity index (χ1v) is 17.4. The highest BCUT2D eigenvalue weighted by Gasteiger charge is 2.37. The van der Waals surface area contributed by atoms with Gasteiger partial charge in [-0.3, -0.25) is 9.78 Å². The van der Waals surface area contributed by atoms with E-state index in [1.165, 1.54) is 0 Å². The van der Waals surface area contributed by atoms with Gasteiger partial charge in [-0.25, -0.2) is 9.97 Å². The Morgan fingerprint density at radius 3 is 2.56 bits per heavy atom. The van der Waals surface area contributed by atoms with Gasteiger partial charge in [-0.2, -0.15) is 0 Å². The molecule has 0 bridgehead atoms. The van der Waals surface area contributed by atoms with Crippen molar-refractivity contribution in [2.75, 3.05) is 20.8 Å². The van der Waals surface area contributed by atoms with Crippen LogP contribution in [0.1, 0.15) is 43.9 Å². The summed E-state index contributed by atoms with van der Waals surface area (Å²) in [6, 6.07) is 13.8. The quantitative estimate of drug-likeness (QED) is 0.126. The Hall–Kier alpha value is -4.26. The molecule has 1 atom stereocenters. The largest absolute Gasteiger partial charge is 0.493 e. The van der Waals surface area contributed by atoms with Crippen molar-refractivity contribution in [1.82, 2.24) is 35.3 Å². The summed E-state index contributed by atoms with van der Waals surface area (Å²) < 4.78 is 13.3. The second-order valence-electron chi connectivity index (χ2n) is 13.2. The van der Waals surface area contributed by atoms with Gasteiger partial charge in [0.1, 0.15) is 0 Å². The SMILES string of the molecule is COc1nc(-c2cccc(-c3ccnc(-c4cc(OC)c5nc(CN[C@H]6C[C@@](C)(O)C6)cn5c4)c3Cl)c2Cl)ccc1CNC[C@@H]1CCC(=O)N1. The molecule has 5 aromatic rings. The first-order valence-electron chi connectivity index (χ1n) is 16.6. The van der Waals surface area contributed by atoms with Crippen LogP contribution in [0.25, 0.3) is 39.3 Å². The van der Waals surface area contributed by atoms with Gasteiger partial charge in [0.15, 0.2) is 11.4 Å². The van der Waals surface area contributed by atoms with Crippen LogP contribution in [-0.2, 0) is 17.9 Å². The number of methoxy groups -OCH3 is 2. The van der Waals surface area contributed by atoms with Crippen LogP contribution >= 0.6 is 23.2 Å². The summed E-state index contributed by atoms with van der Waals surface area (Å²) in [5.74, 6) is 1.18. The molecule has 5 heterocycles. The molecule has 11 nitrogen and oxygen atoms in total. The van der Waals surface area contributed by atoms with Crippen LogP contribution in [0.15, 0.2) is 61.1 Å². The van der Waals surface area contributed by atoms with Crippen molar-refractivity contribution in [3.05, 3.63) is 82.4 Å².